The SMILES string of the molecule is CCCN(CC)C1CCN(C(=O)CC2(C)CC2)CC1. The fraction of sp³-hybridized carbons (Fsp3) is 0.938. The second-order valence-corrected chi connectivity index (χ2v) is 6.73. The maximum absolute atomic E-state index is 12.2. The molecule has 0 radical (unpaired) electrons. The van der Waals surface area contributed by atoms with Crippen LogP contribution in [0.25, 0.3) is 0 Å². The first-order valence-corrected chi connectivity index (χ1v) is 8.10. The van der Waals surface area contributed by atoms with E-state index < -0.39 is 0 Å². The van der Waals surface area contributed by atoms with E-state index in [2.05, 4.69) is 30.6 Å². The average Bonchev–Trinajstić information content (AvgIpc) is 3.13. The van der Waals surface area contributed by atoms with Gasteiger partial charge >= 0.3 is 0 Å². The zero-order valence-corrected chi connectivity index (χ0v) is 13.0. The molecule has 1 saturated carbocycles. The number of amides is 1. The smallest absolute Gasteiger partial charge is 0.223 e. The largest absolute Gasteiger partial charge is 0.343 e. The third-order valence-corrected chi connectivity index (χ3v) is 4.93. The van der Waals surface area contributed by atoms with Crippen molar-refractivity contribution in [2.24, 2.45) is 5.41 Å². The molecule has 0 unspecified atom stereocenters. The van der Waals surface area contributed by atoms with Crippen molar-refractivity contribution in [3.8, 4) is 0 Å². The predicted molar refractivity (Wildman–Crippen MR) is 79.1 cm³/mol. The molecule has 0 bridgehead atoms. The van der Waals surface area contributed by atoms with Gasteiger partial charge in [0.1, 0.15) is 0 Å². The van der Waals surface area contributed by atoms with Crippen LogP contribution >= 0.6 is 0 Å². The van der Waals surface area contributed by atoms with Crippen LogP contribution in [-0.4, -0.2) is 47.9 Å². The van der Waals surface area contributed by atoms with Crippen LogP contribution in [-0.2, 0) is 4.79 Å². The fourth-order valence-corrected chi connectivity index (χ4v) is 3.23. The maximum atomic E-state index is 12.2. The summed E-state index contributed by atoms with van der Waals surface area (Å²) < 4.78 is 0. The molecule has 1 aliphatic carbocycles. The molecule has 1 aliphatic heterocycles. The molecule has 2 rings (SSSR count). The highest BCUT2D eigenvalue weighted by Crippen LogP contribution is 2.48. The molecule has 0 aromatic heterocycles. The maximum Gasteiger partial charge on any atom is 0.223 e. The van der Waals surface area contributed by atoms with Crippen molar-refractivity contribution in [2.75, 3.05) is 26.2 Å². The Labute approximate surface area is 118 Å². The van der Waals surface area contributed by atoms with Crippen molar-refractivity contribution in [2.45, 2.75) is 65.3 Å². The third kappa shape index (κ3) is 3.95. The Morgan fingerprint density at radius 3 is 2.37 bits per heavy atom. The first-order chi connectivity index (χ1) is 9.08. The number of hydrogen-bond donors (Lipinski definition) is 0. The Morgan fingerprint density at radius 2 is 1.89 bits per heavy atom. The lowest BCUT2D eigenvalue weighted by Gasteiger charge is -2.38. The molecular weight excluding hydrogens is 236 g/mol. The Kier molecular flexibility index (Phi) is 4.88. The lowest BCUT2D eigenvalue weighted by Crippen LogP contribution is -2.47. The molecule has 0 atom stereocenters. The van der Waals surface area contributed by atoms with Crippen LogP contribution in [0.1, 0.15) is 59.3 Å². The molecule has 0 N–H and O–H groups in total. The van der Waals surface area contributed by atoms with Gasteiger partial charge in [-0.15, -0.1) is 0 Å². The van der Waals surface area contributed by atoms with Crippen molar-refractivity contribution >= 4 is 5.91 Å². The van der Waals surface area contributed by atoms with E-state index in [1.165, 1.54) is 25.8 Å². The summed E-state index contributed by atoms with van der Waals surface area (Å²) in [4.78, 5) is 16.9. The first-order valence-electron chi connectivity index (χ1n) is 8.10. The molecule has 1 heterocycles. The Hall–Kier alpha value is -0.570. The normalized spacial score (nSPS) is 22.8. The number of hydrogen-bond acceptors (Lipinski definition) is 2. The van der Waals surface area contributed by atoms with Crippen molar-refractivity contribution in [1.29, 1.82) is 0 Å². The summed E-state index contributed by atoms with van der Waals surface area (Å²) in [6.45, 7) is 11.0. The van der Waals surface area contributed by atoms with Gasteiger partial charge in [-0.2, -0.15) is 0 Å². The van der Waals surface area contributed by atoms with E-state index in [9.17, 15) is 4.79 Å². The van der Waals surface area contributed by atoms with Crippen LogP contribution in [0.4, 0.5) is 0 Å². The van der Waals surface area contributed by atoms with Gasteiger partial charge in [-0.25, -0.2) is 0 Å². The molecule has 0 aromatic rings. The van der Waals surface area contributed by atoms with E-state index in [1.54, 1.807) is 0 Å². The lowest BCUT2D eigenvalue weighted by atomic mass is 10.00. The van der Waals surface area contributed by atoms with Crippen LogP contribution in [0, 0.1) is 5.41 Å². The minimum atomic E-state index is 0.353. The van der Waals surface area contributed by atoms with Crippen LogP contribution in [0.2, 0.25) is 0 Å². The van der Waals surface area contributed by atoms with Gasteiger partial charge in [-0.1, -0.05) is 20.8 Å². The van der Waals surface area contributed by atoms with E-state index in [0.717, 1.165) is 38.9 Å². The molecule has 2 fully saturated rings. The van der Waals surface area contributed by atoms with E-state index in [0.29, 0.717) is 17.4 Å². The number of rotatable bonds is 6. The molecule has 1 saturated heterocycles. The van der Waals surface area contributed by atoms with Gasteiger partial charge in [-0.3, -0.25) is 4.79 Å². The van der Waals surface area contributed by atoms with Crippen molar-refractivity contribution < 1.29 is 4.79 Å². The number of piperidine rings is 1. The molecule has 2 aliphatic rings. The zero-order chi connectivity index (χ0) is 13.9. The summed E-state index contributed by atoms with van der Waals surface area (Å²) in [5.74, 6) is 0.400. The number of nitrogens with zero attached hydrogens (tertiary/aromatic N) is 2. The molecule has 3 nitrogen and oxygen atoms in total. The van der Waals surface area contributed by atoms with Crippen molar-refractivity contribution in [3.63, 3.8) is 0 Å². The quantitative estimate of drug-likeness (QED) is 0.738. The minimum Gasteiger partial charge on any atom is -0.343 e. The van der Waals surface area contributed by atoms with E-state index in [1.807, 2.05) is 0 Å². The third-order valence-electron chi connectivity index (χ3n) is 4.93. The van der Waals surface area contributed by atoms with E-state index in [-0.39, 0.29) is 0 Å². The van der Waals surface area contributed by atoms with Gasteiger partial charge < -0.3 is 9.80 Å². The van der Waals surface area contributed by atoms with Crippen LogP contribution < -0.4 is 0 Å². The van der Waals surface area contributed by atoms with Gasteiger partial charge in [0.05, 0.1) is 0 Å². The van der Waals surface area contributed by atoms with E-state index in [4.69, 9.17) is 0 Å². The first kappa shape index (κ1) is 14.8. The number of carbonyl (C=O) groups is 1. The molecule has 3 heteroatoms. The topological polar surface area (TPSA) is 23.6 Å². The van der Waals surface area contributed by atoms with Crippen molar-refractivity contribution in [3.05, 3.63) is 0 Å². The van der Waals surface area contributed by atoms with Gasteiger partial charge in [0, 0.05) is 25.6 Å². The number of carbonyl (C=O) groups excluding carboxylic acids is 1. The molecule has 0 spiro atoms. The van der Waals surface area contributed by atoms with Crippen LogP contribution in [0.5, 0.6) is 0 Å². The minimum absolute atomic E-state index is 0.353. The van der Waals surface area contributed by atoms with Gasteiger partial charge in [0.25, 0.3) is 0 Å². The highest BCUT2D eigenvalue weighted by molar-refractivity contribution is 5.77. The summed E-state index contributed by atoms with van der Waals surface area (Å²) >= 11 is 0. The summed E-state index contributed by atoms with van der Waals surface area (Å²) in [6, 6.07) is 0.700. The lowest BCUT2D eigenvalue weighted by molar-refractivity contribution is -0.134. The number of likely N-dealkylation sites (tertiary alicyclic amines) is 1. The summed E-state index contributed by atoms with van der Waals surface area (Å²) in [5, 5.41) is 0. The molecular formula is C16H30N2O. The van der Waals surface area contributed by atoms with Gasteiger partial charge in [-0.05, 0) is 50.6 Å². The van der Waals surface area contributed by atoms with Crippen LogP contribution in [0.3, 0.4) is 0 Å². The molecule has 0 aromatic carbocycles. The highest BCUT2D eigenvalue weighted by Gasteiger charge is 2.40. The van der Waals surface area contributed by atoms with E-state index >= 15 is 0 Å². The molecule has 1 amide bonds. The summed E-state index contributed by atoms with van der Waals surface area (Å²) in [6.07, 6.45) is 6.83. The second-order valence-electron chi connectivity index (χ2n) is 6.73. The van der Waals surface area contributed by atoms with Crippen LogP contribution in [0.15, 0.2) is 0 Å². The fourth-order valence-electron chi connectivity index (χ4n) is 3.23. The Bertz CT molecular complexity index is 304. The van der Waals surface area contributed by atoms with Gasteiger partial charge in [0.15, 0.2) is 0 Å². The molecule has 19 heavy (non-hydrogen) atoms. The Morgan fingerprint density at radius 1 is 1.26 bits per heavy atom. The average molecular weight is 266 g/mol. The zero-order valence-electron chi connectivity index (χ0n) is 13.0. The highest BCUT2D eigenvalue weighted by atomic mass is 16.2. The Balaban J connectivity index is 1.76. The summed E-state index contributed by atoms with van der Waals surface area (Å²) in [5.41, 5.74) is 0.353. The van der Waals surface area contributed by atoms with Gasteiger partial charge in [0.2, 0.25) is 5.91 Å². The second kappa shape index (κ2) is 6.25. The van der Waals surface area contributed by atoms with Crippen molar-refractivity contribution in [1.82, 2.24) is 9.80 Å². The summed E-state index contributed by atoms with van der Waals surface area (Å²) in [7, 11) is 0. The standard InChI is InChI=1S/C16H30N2O/c1-4-10-17(5-2)14-6-11-18(12-7-14)15(19)13-16(3)8-9-16/h14H,4-13H2,1-3H3. The molecule has 110 valence electrons. The monoisotopic (exact) mass is 266 g/mol. The predicted octanol–water partition coefficient (Wildman–Crippen LogP) is 2.90.